The minimum Gasteiger partial charge on any atom is -0.468 e. The van der Waals surface area contributed by atoms with Gasteiger partial charge in [-0.25, -0.2) is 0 Å². The summed E-state index contributed by atoms with van der Waals surface area (Å²) in [5.41, 5.74) is -0.483. The maximum Gasteiger partial charge on any atom is 0.325 e. The summed E-state index contributed by atoms with van der Waals surface area (Å²) in [6, 6.07) is 0.651. The fourth-order valence-corrected chi connectivity index (χ4v) is 2.88. The van der Waals surface area contributed by atoms with Gasteiger partial charge in [0, 0.05) is 25.7 Å². The Labute approximate surface area is 97.5 Å². The first kappa shape index (κ1) is 11.9. The lowest BCUT2D eigenvalue weighted by Gasteiger charge is -2.44. The van der Waals surface area contributed by atoms with Crippen molar-refractivity contribution in [3.8, 4) is 0 Å². The van der Waals surface area contributed by atoms with E-state index in [0.29, 0.717) is 6.04 Å². The van der Waals surface area contributed by atoms with Crippen molar-refractivity contribution in [1.82, 2.24) is 9.80 Å². The lowest BCUT2D eigenvalue weighted by Crippen LogP contribution is -2.60. The van der Waals surface area contributed by atoms with Crippen molar-refractivity contribution in [2.24, 2.45) is 0 Å². The second kappa shape index (κ2) is 4.34. The van der Waals surface area contributed by atoms with Gasteiger partial charge < -0.3 is 4.74 Å². The molecule has 0 bridgehead atoms. The number of methoxy groups -OCH3 is 1. The molecule has 0 amide bonds. The largest absolute Gasteiger partial charge is 0.468 e. The van der Waals surface area contributed by atoms with Crippen LogP contribution in [0.2, 0.25) is 0 Å². The average Bonchev–Trinajstić information content (AvgIpc) is 2.74. The number of hydrogen-bond donors (Lipinski definition) is 0. The Bertz CT molecular complexity index is 278. The molecule has 2 rings (SSSR count). The van der Waals surface area contributed by atoms with Crippen molar-refractivity contribution in [1.29, 1.82) is 0 Å². The minimum absolute atomic E-state index is 0.126. The summed E-state index contributed by atoms with van der Waals surface area (Å²) >= 11 is 0. The molecule has 0 N–H and O–H groups in total. The quantitative estimate of drug-likeness (QED) is 0.650. The third-order valence-electron chi connectivity index (χ3n) is 4.06. The summed E-state index contributed by atoms with van der Waals surface area (Å²) in [5.74, 6) is -0.126. The van der Waals surface area contributed by atoms with E-state index in [2.05, 4.69) is 9.80 Å². The molecule has 92 valence electrons. The summed E-state index contributed by atoms with van der Waals surface area (Å²) < 4.78 is 4.89. The molecule has 2 heterocycles. The zero-order valence-corrected chi connectivity index (χ0v) is 10.5. The van der Waals surface area contributed by atoms with Gasteiger partial charge in [-0.3, -0.25) is 14.6 Å². The monoisotopic (exact) mass is 226 g/mol. The molecular weight excluding hydrogens is 204 g/mol. The van der Waals surface area contributed by atoms with Crippen molar-refractivity contribution in [2.45, 2.75) is 38.3 Å². The Morgan fingerprint density at radius 3 is 2.75 bits per heavy atom. The molecule has 0 saturated carbocycles. The molecule has 0 aromatic rings. The number of piperazine rings is 1. The van der Waals surface area contributed by atoms with Gasteiger partial charge in [0.15, 0.2) is 0 Å². The van der Waals surface area contributed by atoms with Gasteiger partial charge in [0.05, 0.1) is 7.11 Å². The molecule has 0 aromatic carbocycles. The number of carbonyl (C=O) groups excluding carboxylic acids is 1. The maximum absolute atomic E-state index is 11.7. The second-order valence-electron chi connectivity index (χ2n) is 5.33. The summed E-state index contributed by atoms with van der Waals surface area (Å²) in [4.78, 5) is 16.6. The lowest BCUT2D eigenvalue weighted by molar-refractivity contribution is -0.154. The molecule has 2 aliphatic heterocycles. The summed E-state index contributed by atoms with van der Waals surface area (Å²) in [7, 11) is 1.47. The Morgan fingerprint density at radius 2 is 2.06 bits per heavy atom. The number of esters is 1. The normalized spacial score (nSPS) is 27.8. The third kappa shape index (κ3) is 1.96. The van der Waals surface area contributed by atoms with Crippen LogP contribution in [0.1, 0.15) is 26.7 Å². The van der Waals surface area contributed by atoms with E-state index in [1.807, 2.05) is 13.8 Å². The maximum atomic E-state index is 11.7. The Balaban J connectivity index is 2.03. The van der Waals surface area contributed by atoms with Crippen LogP contribution in [-0.4, -0.2) is 60.6 Å². The highest BCUT2D eigenvalue weighted by molar-refractivity contribution is 5.79. The van der Waals surface area contributed by atoms with Crippen molar-refractivity contribution < 1.29 is 9.53 Å². The van der Waals surface area contributed by atoms with Crippen molar-refractivity contribution >= 4 is 5.97 Å². The first-order chi connectivity index (χ1) is 7.55. The van der Waals surface area contributed by atoms with Crippen molar-refractivity contribution in [2.75, 3.05) is 33.3 Å². The van der Waals surface area contributed by atoms with Crippen molar-refractivity contribution in [3.63, 3.8) is 0 Å². The molecule has 16 heavy (non-hydrogen) atoms. The average molecular weight is 226 g/mol. The predicted octanol–water partition coefficient (Wildman–Crippen LogP) is 0.718. The fourth-order valence-electron chi connectivity index (χ4n) is 2.88. The van der Waals surface area contributed by atoms with Crippen LogP contribution in [0.5, 0.6) is 0 Å². The Hall–Kier alpha value is -0.610. The van der Waals surface area contributed by atoms with Crippen LogP contribution in [-0.2, 0) is 9.53 Å². The highest BCUT2D eigenvalue weighted by atomic mass is 16.5. The van der Waals surface area contributed by atoms with Gasteiger partial charge in [-0.05, 0) is 33.2 Å². The predicted molar refractivity (Wildman–Crippen MR) is 62.3 cm³/mol. The SMILES string of the molecule is COC(=O)C(C)(C)N1CCN2CCCC2C1. The van der Waals surface area contributed by atoms with Gasteiger partial charge >= 0.3 is 5.97 Å². The number of rotatable bonds is 2. The molecule has 0 spiro atoms. The number of carbonyl (C=O) groups is 1. The van der Waals surface area contributed by atoms with Gasteiger partial charge in [0.1, 0.15) is 5.54 Å². The van der Waals surface area contributed by atoms with E-state index in [-0.39, 0.29) is 5.97 Å². The fraction of sp³-hybridized carbons (Fsp3) is 0.917. The van der Waals surface area contributed by atoms with E-state index in [1.54, 1.807) is 0 Å². The zero-order valence-electron chi connectivity index (χ0n) is 10.5. The molecule has 1 atom stereocenters. The first-order valence-corrected chi connectivity index (χ1v) is 6.13. The molecule has 2 fully saturated rings. The van der Waals surface area contributed by atoms with Gasteiger partial charge in [0.2, 0.25) is 0 Å². The molecule has 0 radical (unpaired) electrons. The molecule has 0 aromatic heterocycles. The zero-order chi connectivity index (χ0) is 11.8. The van der Waals surface area contributed by atoms with E-state index >= 15 is 0 Å². The minimum atomic E-state index is -0.483. The second-order valence-corrected chi connectivity index (χ2v) is 5.33. The topological polar surface area (TPSA) is 32.8 Å². The molecule has 2 aliphatic rings. The van der Waals surface area contributed by atoms with Crippen LogP contribution >= 0.6 is 0 Å². The number of ether oxygens (including phenoxy) is 1. The van der Waals surface area contributed by atoms with Crippen LogP contribution in [0.4, 0.5) is 0 Å². The van der Waals surface area contributed by atoms with Gasteiger partial charge in [-0.2, -0.15) is 0 Å². The van der Waals surface area contributed by atoms with Crippen LogP contribution < -0.4 is 0 Å². The lowest BCUT2D eigenvalue weighted by atomic mass is 10.00. The van der Waals surface area contributed by atoms with Crippen LogP contribution in [0.3, 0.4) is 0 Å². The van der Waals surface area contributed by atoms with E-state index in [4.69, 9.17) is 4.74 Å². The highest BCUT2D eigenvalue weighted by Crippen LogP contribution is 2.26. The van der Waals surface area contributed by atoms with Gasteiger partial charge in [0.25, 0.3) is 0 Å². The van der Waals surface area contributed by atoms with E-state index in [1.165, 1.54) is 26.5 Å². The number of hydrogen-bond acceptors (Lipinski definition) is 4. The summed E-state index contributed by atoms with van der Waals surface area (Å²) in [5, 5.41) is 0. The first-order valence-electron chi connectivity index (χ1n) is 6.13. The van der Waals surface area contributed by atoms with Crippen LogP contribution in [0.15, 0.2) is 0 Å². The van der Waals surface area contributed by atoms with Crippen molar-refractivity contribution in [3.05, 3.63) is 0 Å². The van der Waals surface area contributed by atoms with E-state index < -0.39 is 5.54 Å². The van der Waals surface area contributed by atoms with E-state index in [0.717, 1.165) is 19.6 Å². The van der Waals surface area contributed by atoms with Crippen LogP contribution in [0.25, 0.3) is 0 Å². The Kier molecular flexibility index (Phi) is 3.22. The summed E-state index contributed by atoms with van der Waals surface area (Å²) in [6.45, 7) is 8.22. The van der Waals surface area contributed by atoms with Gasteiger partial charge in [-0.15, -0.1) is 0 Å². The standard InChI is InChI=1S/C12H22N2O2/c1-12(2,11(15)16-3)14-8-7-13-6-4-5-10(13)9-14/h10H,4-9H2,1-3H3. The molecular formula is C12H22N2O2. The smallest absolute Gasteiger partial charge is 0.325 e. The van der Waals surface area contributed by atoms with Gasteiger partial charge in [-0.1, -0.05) is 0 Å². The number of fused-ring (bicyclic) bond motifs is 1. The highest BCUT2D eigenvalue weighted by Gasteiger charge is 2.41. The molecule has 2 saturated heterocycles. The third-order valence-corrected chi connectivity index (χ3v) is 4.06. The summed E-state index contributed by atoms with van der Waals surface area (Å²) in [6.07, 6.45) is 2.57. The number of nitrogens with zero attached hydrogens (tertiary/aromatic N) is 2. The molecule has 4 nitrogen and oxygen atoms in total. The molecule has 0 aliphatic carbocycles. The van der Waals surface area contributed by atoms with E-state index in [9.17, 15) is 4.79 Å². The Morgan fingerprint density at radius 1 is 1.31 bits per heavy atom. The molecule has 4 heteroatoms. The van der Waals surface area contributed by atoms with Crippen LogP contribution in [0, 0.1) is 0 Å². The molecule has 1 unspecified atom stereocenters.